The molecule has 1 aromatic heterocycles. The second kappa shape index (κ2) is 3.78. The summed E-state index contributed by atoms with van der Waals surface area (Å²) in [4.78, 5) is 4.25. The number of rotatable bonds is 3. The third-order valence-electron chi connectivity index (χ3n) is 3.47. The fraction of sp³-hybridized carbons (Fsp3) is 0.800. The fourth-order valence-corrected chi connectivity index (χ4v) is 3.94. The van der Waals surface area contributed by atoms with E-state index >= 15 is 0 Å². The number of sulfone groups is 1. The smallest absolute Gasteiger partial charge is 0.230 e. The molecule has 6 nitrogen and oxygen atoms in total. The summed E-state index contributed by atoms with van der Waals surface area (Å²) in [6.07, 6.45) is 2.80. The van der Waals surface area contributed by atoms with E-state index in [9.17, 15) is 8.42 Å². The van der Waals surface area contributed by atoms with Gasteiger partial charge in [-0.2, -0.15) is 4.98 Å². The van der Waals surface area contributed by atoms with Crippen LogP contribution in [0.3, 0.4) is 0 Å². The van der Waals surface area contributed by atoms with Crippen LogP contribution in [0.2, 0.25) is 0 Å². The largest absolute Gasteiger partial charge is 0.339 e. The molecule has 0 radical (unpaired) electrons. The molecule has 2 fully saturated rings. The lowest BCUT2D eigenvalue weighted by Gasteiger charge is -2.02. The zero-order valence-corrected chi connectivity index (χ0v) is 10.2. The van der Waals surface area contributed by atoms with Crippen LogP contribution in [0.5, 0.6) is 0 Å². The molecule has 2 unspecified atom stereocenters. The van der Waals surface area contributed by atoms with Gasteiger partial charge in [-0.05, 0) is 25.2 Å². The molecule has 2 heterocycles. The maximum atomic E-state index is 11.4. The van der Waals surface area contributed by atoms with E-state index in [1.807, 2.05) is 0 Å². The third kappa shape index (κ3) is 2.21. The molecule has 1 aliphatic heterocycles. The number of nitrogens with zero attached hydrogens (tertiary/aromatic N) is 2. The summed E-state index contributed by atoms with van der Waals surface area (Å²) in [6, 6.07) is -0.162. The van der Waals surface area contributed by atoms with Gasteiger partial charge in [0.15, 0.2) is 15.7 Å². The summed E-state index contributed by atoms with van der Waals surface area (Å²) in [7, 11) is -2.92. The summed E-state index contributed by atoms with van der Waals surface area (Å²) in [5.41, 5.74) is 5.96. The first-order chi connectivity index (χ1) is 8.05. The van der Waals surface area contributed by atoms with E-state index in [0.29, 0.717) is 24.1 Å². The van der Waals surface area contributed by atoms with Gasteiger partial charge in [0.2, 0.25) is 5.89 Å². The molecule has 0 aromatic carbocycles. The second-order valence-corrected chi connectivity index (χ2v) is 7.18. The molecule has 1 aliphatic carbocycles. The first-order valence-corrected chi connectivity index (χ1v) is 7.67. The molecule has 7 heteroatoms. The normalized spacial score (nSPS) is 29.4. The van der Waals surface area contributed by atoms with Crippen LogP contribution in [-0.4, -0.2) is 30.1 Å². The van der Waals surface area contributed by atoms with E-state index < -0.39 is 9.84 Å². The molecule has 1 aromatic rings. The average molecular weight is 257 g/mol. The maximum Gasteiger partial charge on any atom is 0.230 e. The Balaban J connectivity index is 1.76. The molecule has 0 bridgehead atoms. The van der Waals surface area contributed by atoms with Gasteiger partial charge in [0.05, 0.1) is 23.5 Å². The quantitative estimate of drug-likeness (QED) is 0.840. The summed E-state index contributed by atoms with van der Waals surface area (Å²) in [5.74, 6) is 1.60. The van der Waals surface area contributed by atoms with Crippen molar-refractivity contribution in [1.82, 2.24) is 10.1 Å². The fourth-order valence-electron chi connectivity index (χ4n) is 2.20. The Morgan fingerprint density at radius 2 is 2.12 bits per heavy atom. The summed E-state index contributed by atoms with van der Waals surface area (Å²) >= 11 is 0. The lowest BCUT2D eigenvalue weighted by Crippen LogP contribution is -2.14. The predicted octanol–water partition coefficient (Wildman–Crippen LogP) is 0.381. The van der Waals surface area contributed by atoms with E-state index in [1.165, 1.54) is 0 Å². The van der Waals surface area contributed by atoms with Crippen LogP contribution in [0, 0.1) is 5.92 Å². The van der Waals surface area contributed by atoms with Crippen molar-refractivity contribution in [3.05, 3.63) is 11.7 Å². The highest BCUT2D eigenvalue weighted by Gasteiger charge is 2.36. The van der Waals surface area contributed by atoms with Crippen molar-refractivity contribution in [1.29, 1.82) is 0 Å². The van der Waals surface area contributed by atoms with Gasteiger partial charge in [0, 0.05) is 0 Å². The Morgan fingerprint density at radius 1 is 1.35 bits per heavy atom. The topological polar surface area (TPSA) is 99.1 Å². The third-order valence-corrected chi connectivity index (χ3v) is 5.24. The van der Waals surface area contributed by atoms with Crippen molar-refractivity contribution in [3.63, 3.8) is 0 Å². The second-order valence-electron chi connectivity index (χ2n) is 4.95. The van der Waals surface area contributed by atoms with Crippen molar-refractivity contribution < 1.29 is 12.9 Å². The van der Waals surface area contributed by atoms with E-state index in [-0.39, 0.29) is 23.5 Å². The first kappa shape index (κ1) is 11.2. The van der Waals surface area contributed by atoms with Gasteiger partial charge in [-0.3, -0.25) is 0 Å². The van der Waals surface area contributed by atoms with Crippen LogP contribution in [0.15, 0.2) is 4.52 Å². The monoisotopic (exact) mass is 257 g/mol. The molecule has 1 saturated carbocycles. The van der Waals surface area contributed by atoms with Gasteiger partial charge in [0.25, 0.3) is 0 Å². The van der Waals surface area contributed by atoms with Crippen LogP contribution in [0.1, 0.15) is 42.9 Å². The van der Waals surface area contributed by atoms with E-state index in [2.05, 4.69) is 10.1 Å². The zero-order chi connectivity index (χ0) is 12.0. The molecule has 0 amide bonds. The standard InChI is InChI=1S/C10H15N3O3S/c11-8(6-1-2-6)9-12-10(16-13-9)7-3-4-17(14,15)5-7/h6-8H,1-5,11H2. The van der Waals surface area contributed by atoms with Gasteiger partial charge in [-0.25, -0.2) is 8.42 Å². The average Bonchev–Trinajstić information content (AvgIpc) is 2.89. The number of aromatic nitrogens is 2. The van der Waals surface area contributed by atoms with Crippen LogP contribution >= 0.6 is 0 Å². The Morgan fingerprint density at radius 3 is 2.71 bits per heavy atom. The SMILES string of the molecule is NC(c1noc(C2CCS(=O)(=O)C2)n1)C1CC1. The highest BCUT2D eigenvalue weighted by molar-refractivity contribution is 7.91. The van der Waals surface area contributed by atoms with Crippen molar-refractivity contribution in [3.8, 4) is 0 Å². The summed E-state index contributed by atoms with van der Waals surface area (Å²) < 4.78 is 27.9. The number of nitrogens with two attached hydrogens (primary N) is 1. The zero-order valence-electron chi connectivity index (χ0n) is 9.37. The van der Waals surface area contributed by atoms with Crippen molar-refractivity contribution in [2.45, 2.75) is 31.2 Å². The molecular weight excluding hydrogens is 242 g/mol. The maximum absolute atomic E-state index is 11.4. The van der Waals surface area contributed by atoms with Crippen LogP contribution in [0.25, 0.3) is 0 Å². The van der Waals surface area contributed by atoms with Crippen LogP contribution in [-0.2, 0) is 9.84 Å². The molecule has 2 N–H and O–H groups in total. The van der Waals surface area contributed by atoms with Crippen molar-refractivity contribution in [2.24, 2.45) is 11.7 Å². The Hall–Kier alpha value is -0.950. The van der Waals surface area contributed by atoms with Gasteiger partial charge in [-0.1, -0.05) is 5.16 Å². The minimum atomic E-state index is -2.92. The van der Waals surface area contributed by atoms with Gasteiger partial charge < -0.3 is 10.3 Å². The highest BCUT2D eigenvalue weighted by Crippen LogP contribution is 2.39. The van der Waals surface area contributed by atoms with Crippen molar-refractivity contribution >= 4 is 9.84 Å². The van der Waals surface area contributed by atoms with Crippen molar-refractivity contribution in [2.75, 3.05) is 11.5 Å². The van der Waals surface area contributed by atoms with Gasteiger partial charge in [0.1, 0.15) is 0 Å². The van der Waals surface area contributed by atoms with Crippen LogP contribution < -0.4 is 5.73 Å². The molecule has 1 saturated heterocycles. The predicted molar refractivity (Wildman–Crippen MR) is 60.0 cm³/mol. The highest BCUT2D eigenvalue weighted by atomic mass is 32.2. The summed E-state index contributed by atoms with van der Waals surface area (Å²) in [6.45, 7) is 0. The Labute approximate surface area is 99.5 Å². The minimum absolute atomic E-state index is 0.118. The molecule has 3 rings (SSSR count). The minimum Gasteiger partial charge on any atom is -0.339 e. The Kier molecular flexibility index (Phi) is 2.48. The first-order valence-electron chi connectivity index (χ1n) is 5.85. The van der Waals surface area contributed by atoms with Gasteiger partial charge >= 0.3 is 0 Å². The molecular formula is C10H15N3O3S. The van der Waals surface area contributed by atoms with E-state index in [4.69, 9.17) is 10.3 Å². The molecule has 2 aliphatic rings. The molecule has 0 spiro atoms. The molecule has 2 atom stereocenters. The number of hydrogen-bond acceptors (Lipinski definition) is 6. The van der Waals surface area contributed by atoms with E-state index in [1.54, 1.807) is 0 Å². The number of hydrogen-bond donors (Lipinski definition) is 1. The van der Waals surface area contributed by atoms with Gasteiger partial charge in [-0.15, -0.1) is 0 Å². The summed E-state index contributed by atoms with van der Waals surface area (Å²) in [5, 5.41) is 3.86. The van der Waals surface area contributed by atoms with E-state index in [0.717, 1.165) is 12.8 Å². The lowest BCUT2D eigenvalue weighted by atomic mass is 10.1. The Bertz CT molecular complexity index is 521. The van der Waals surface area contributed by atoms with Crippen LogP contribution in [0.4, 0.5) is 0 Å². The molecule has 94 valence electrons. The molecule has 17 heavy (non-hydrogen) atoms. The lowest BCUT2D eigenvalue weighted by molar-refractivity contribution is 0.352.